The van der Waals surface area contributed by atoms with Crippen LogP contribution >= 0.6 is 0 Å². The summed E-state index contributed by atoms with van der Waals surface area (Å²) in [7, 11) is 0. The highest BCUT2D eigenvalue weighted by molar-refractivity contribution is 5.98. The molecule has 0 aliphatic carbocycles. The Morgan fingerprint density at radius 1 is 1.43 bits per heavy atom. The number of ether oxygens (including phenoxy) is 1. The van der Waals surface area contributed by atoms with Crippen LogP contribution in [0.3, 0.4) is 0 Å². The Balaban J connectivity index is 2.02. The van der Waals surface area contributed by atoms with Crippen molar-refractivity contribution in [2.75, 3.05) is 5.32 Å². The lowest BCUT2D eigenvalue weighted by Gasteiger charge is -2.09. The zero-order chi connectivity index (χ0) is 15.2. The maximum atomic E-state index is 13.9. The van der Waals surface area contributed by atoms with E-state index in [1.165, 1.54) is 12.1 Å². The molecule has 2 rings (SSSR count). The normalized spacial score (nSPS) is 10.0. The summed E-state index contributed by atoms with van der Waals surface area (Å²) in [5.41, 5.74) is 2.11. The molecule has 0 spiro atoms. The van der Waals surface area contributed by atoms with Crippen molar-refractivity contribution >= 4 is 11.6 Å². The molecule has 0 atom stereocenters. The number of hydrogen-bond donors (Lipinski definition) is 1. The lowest BCUT2D eigenvalue weighted by atomic mass is 10.2. The number of nitrogens with one attached hydrogen (secondary N) is 1. The number of amides is 1. The average Bonchev–Trinajstić information content (AvgIpc) is 2.48. The van der Waals surface area contributed by atoms with Gasteiger partial charge in [0, 0.05) is 29.2 Å². The van der Waals surface area contributed by atoms with E-state index in [0.717, 1.165) is 17.3 Å². The molecule has 5 heteroatoms. The lowest BCUT2D eigenvalue weighted by Crippen LogP contribution is -2.07. The Hall–Kier alpha value is -2.69. The first kappa shape index (κ1) is 14.7. The van der Waals surface area contributed by atoms with Crippen LogP contribution in [0.4, 0.5) is 10.1 Å². The van der Waals surface area contributed by atoms with Gasteiger partial charge in [-0.1, -0.05) is 12.6 Å². The summed E-state index contributed by atoms with van der Waals surface area (Å²) in [6.07, 6.45) is 2.80. The van der Waals surface area contributed by atoms with Crippen LogP contribution in [0.1, 0.15) is 11.3 Å². The molecule has 0 aliphatic heterocycles. The number of aryl methyl sites for hydroxylation is 1. The largest absolute Gasteiger partial charge is 0.486 e. The van der Waals surface area contributed by atoms with E-state index in [1.54, 1.807) is 12.3 Å². The highest BCUT2D eigenvalue weighted by Crippen LogP contribution is 2.22. The van der Waals surface area contributed by atoms with Crippen molar-refractivity contribution in [2.24, 2.45) is 0 Å². The third-order valence-corrected chi connectivity index (χ3v) is 2.75. The second-order valence-corrected chi connectivity index (χ2v) is 4.44. The second kappa shape index (κ2) is 6.65. The van der Waals surface area contributed by atoms with Crippen LogP contribution in [-0.2, 0) is 11.4 Å². The summed E-state index contributed by atoms with van der Waals surface area (Å²) in [6.45, 7) is 5.44. The minimum Gasteiger partial charge on any atom is -0.486 e. The van der Waals surface area contributed by atoms with Crippen molar-refractivity contribution in [1.29, 1.82) is 0 Å². The SMILES string of the molecule is C=CC(=O)Nc1ccc(OCc2ccc(C)nc2)c(F)c1. The highest BCUT2D eigenvalue weighted by Gasteiger charge is 2.06. The molecular formula is C16H15FN2O2. The Morgan fingerprint density at radius 2 is 2.24 bits per heavy atom. The zero-order valence-corrected chi connectivity index (χ0v) is 11.6. The number of aromatic nitrogens is 1. The van der Waals surface area contributed by atoms with Gasteiger partial charge in [-0.05, 0) is 31.2 Å². The van der Waals surface area contributed by atoms with Crippen molar-refractivity contribution in [1.82, 2.24) is 4.98 Å². The molecule has 21 heavy (non-hydrogen) atoms. The van der Waals surface area contributed by atoms with Crippen molar-refractivity contribution < 1.29 is 13.9 Å². The molecule has 0 saturated heterocycles. The van der Waals surface area contributed by atoms with Gasteiger partial charge >= 0.3 is 0 Å². The van der Waals surface area contributed by atoms with Gasteiger partial charge in [-0.25, -0.2) is 4.39 Å². The van der Waals surface area contributed by atoms with E-state index in [0.29, 0.717) is 5.69 Å². The van der Waals surface area contributed by atoms with Crippen LogP contribution < -0.4 is 10.1 Å². The molecule has 4 nitrogen and oxygen atoms in total. The number of benzene rings is 1. The van der Waals surface area contributed by atoms with Gasteiger partial charge in [0.05, 0.1) is 0 Å². The number of rotatable bonds is 5. The molecule has 2 aromatic rings. The van der Waals surface area contributed by atoms with Crippen LogP contribution in [0.5, 0.6) is 5.75 Å². The number of anilines is 1. The molecule has 1 aromatic heterocycles. The molecule has 1 aromatic carbocycles. The van der Waals surface area contributed by atoms with Gasteiger partial charge in [-0.2, -0.15) is 0 Å². The number of hydrogen-bond acceptors (Lipinski definition) is 3. The molecular weight excluding hydrogens is 271 g/mol. The first-order valence-electron chi connectivity index (χ1n) is 6.36. The molecule has 1 heterocycles. The smallest absolute Gasteiger partial charge is 0.247 e. The van der Waals surface area contributed by atoms with Crippen LogP contribution in [0.15, 0.2) is 49.2 Å². The molecule has 0 aliphatic rings. The van der Waals surface area contributed by atoms with E-state index < -0.39 is 11.7 Å². The summed E-state index contributed by atoms with van der Waals surface area (Å²) in [6, 6.07) is 7.97. The Morgan fingerprint density at radius 3 is 2.86 bits per heavy atom. The van der Waals surface area contributed by atoms with Gasteiger partial charge < -0.3 is 10.1 Å². The van der Waals surface area contributed by atoms with Gasteiger partial charge in [0.2, 0.25) is 5.91 Å². The zero-order valence-electron chi connectivity index (χ0n) is 11.6. The average molecular weight is 286 g/mol. The van der Waals surface area contributed by atoms with Crippen molar-refractivity contribution in [3.05, 3.63) is 66.3 Å². The van der Waals surface area contributed by atoms with E-state index in [4.69, 9.17) is 4.74 Å². The number of halogens is 1. The van der Waals surface area contributed by atoms with Crippen LogP contribution in [0.25, 0.3) is 0 Å². The quantitative estimate of drug-likeness (QED) is 0.858. The molecule has 0 bridgehead atoms. The predicted molar refractivity (Wildman–Crippen MR) is 78.5 cm³/mol. The Kier molecular flexibility index (Phi) is 4.66. The summed E-state index contributed by atoms with van der Waals surface area (Å²) < 4.78 is 19.3. The second-order valence-electron chi connectivity index (χ2n) is 4.44. The topological polar surface area (TPSA) is 51.2 Å². The number of nitrogens with zero attached hydrogens (tertiary/aromatic N) is 1. The van der Waals surface area contributed by atoms with Crippen molar-refractivity contribution in [2.45, 2.75) is 13.5 Å². The van der Waals surface area contributed by atoms with Gasteiger partial charge in [-0.3, -0.25) is 9.78 Å². The summed E-state index contributed by atoms with van der Waals surface area (Å²) >= 11 is 0. The Labute approximate surface area is 122 Å². The van der Waals surface area contributed by atoms with Gasteiger partial charge in [0.25, 0.3) is 0 Å². The minimum atomic E-state index is -0.545. The third kappa shape index (κ3) is 4.14. The number of carbonyl (C=O) groups excluding carboxylic acids is 1. The van der Waals surface area contributed by atoms with Crippen molar-refractivity contribution in [3.8, 4) is 5.75 Å². The van der Waals surface area contributed by atoms with Gasteiger partial charge in [0.15, 0.2) is 11.6 Å². The number of carbonyl (C=O) groups is 1. The first-order valence-corrected chi connectivity index (χ1v) is 6.36. The standard InChI is InChI=1S/C16H15FN2O2/c1-3-16(20)19-13-6-7-15(14(17)8-13)21-10-12-5-4-11(2)18-9-12/h3-9H,1,10H2,2H3,(H,19,20). The monoisotopic (exact) mass is 286 g/mol. The molecule has 108 valence electrons. The van der Waals surface area contributed by atoms with Gasteiger partial charge in [-0.15, -0.1) is 0 Å². The maximum Gasteiger partial charge on any atom is 0.247 e. The first-order chi connectivity index (χ1) is 10.1. The van der Waals surface area contributed by atoms with E-state index >= 15 is 0 Å². The lowest BCUT2D eigenvalue weighted by molar-refractivity contribution is -0.111. The number of pyridine rings is 1. The van der Waals surface area contributed by atoms with E-state index in [-0.39, 0.29) is 12.4 Å². The minimum absolute atomic E-state index is 0.118. The summed E-state index contributed by atoms with van der Waals surface area (Å²) in [5, 5.41) is 2.48. The predicted octanol–water partition coefficient (Wildman–Crippen LogP) is 3.23. The maximum absolute atomic E-state index is 13.9. The van der Waals surface area contributed by atoms with E-state index in [2.05, 4.69) is 16.9 Å². The molecule has 1 N–H and O–H groups in total. The van der Waals surface area contributed by atoms with Crippen molar-refractivity contribution in [3.63, 3.8) is 0 Å². The fourth-order valence-electron chi connectivity index (χ4n) is 1.63. The van der Waals surface area contributed by atoms with Crippen LogP contribution in [-0.4, -0.2) is 10.9 Å². The van der Waals surface area contributed by atoms with Crippen LogP contribution in [0, 0.1) is 12.7 Å². The summed E-state index contributed by atoms with van der Waals surface area (Å²) in [5.74, 6) is -0.821. The van der Waals surface area contributed by atoms with E-state index in [9.17, 15) is 9.18 Å². The highest BCUT2D eigenvalue weighted by atomic mass is 19.1. The van der Waals surface area contributed by atoms with Crippen LogP contribution in [0.2, 0.25) is 0 Å². The summed E-state index contributed by atoms with van der Waals surface area (Å²) in [4.78, 5) is 15.3. The Bertz CT molecular complexity index is 654. The third-order valence-electron chi connectivity index (χ3n) is 2.75. The van der Waals surface area contributed by atoms with Gasteiger partial charge in [0.1, 0.15) is 6.61 Å². The fraction of sp³-hybridized carbons (Fsp3) is 0.125. The fourth-order valence-corrected chi connectivity index (χ4v) is 1.63. The molecule has 0 unspecified atom stereocenters. The molecule has 1 amide bonds. The molecule has 0 radical (unpaired) electrons. The molecule has 0 saturated carbocycles. The molecule has 0 fully saturated rings. The van der Waals surface area contributed by atoms with E-state index in [1.807, 2.05) is 19.1 Å².